The van der Waals surface area contributed by atoms with Gasteiger partial charge in [0.2, 0.25) is 0 Å². The van der Waals surface area contributed by atoms with Gasteiger partial charge in [0.15, 0.2) is 0 Å². The number of hydrogen-bond acceptors (Lipinski definition) is 7. The molecule has 11 heteroatoms. The molecule has 45 heavy (non-hydrogen) atoms. The lowest BCUT2D eigenvalue weighted by atomic mass is 9.76. The Balaban J connectivity index is 1.94. The summed E-state index contributed by atoms with van der Waals surface area (Å²) in [7, 11) is -0.753. The topological polar surface area (TPSA) is 115 Å². The summed E-state index contributed by atoms with van der Waals surface area (Å²) in [5, 5.41) is 4.05. The Labute approximate surface area is 268 Å². The van der Waals surface area contributed by atoms with Crippen molar-refractivity contribution < 1.29 is 33.2 Å². The maximum absolute atomic E-state index is 13.8. The van der Waals surface area contributed by atoms with Crippen LogP contribution in [0, 0.1) is 20.8 Å². The highest BCUT2D eigenvalue weighted by atomic mass is 16.7. The summed E-state index contributed by atoms with van der Waals surface area (Å²) in [5.74, 6) is -0.397. The molecule has 2 aromatic carbocycles. The lowest BCUT2D eigenvalue weighted by Gasteiger charge is -2.36. The summed E-state index contributed by atoms with van der Waals surface area (Å²) < 4.78 is 24.1. The van der Waals surface area contributed by atoms with Crippen molar-refractivity contribution >= 4 is 30.5 Å². The summed E-state index contributed by atoms with van der Waals surface area (Å²) in [6.07, 6.45) is -0.558. The fraction of sp³-hybridized carbons (Fsp3) is 0.559. The Morgan fingerprint density at radius 1 is 0.889 bits per heavy atom. The Hall–Kier alpha value is -3.57. The third kappa shape index (κ3) is 8.79. The van der Waals surface area contributed by atoms with E-state index in [0.29, 0.717) is 27.9 Å². The first-order valence-corrected chi connectivity index (χ1v) is 15.3. The summed E-state index contributed by atoms with van der Waals surface area (Å²) >= 11 is 0. The molecule has 1 fully saturated rings. The van der Waals surface area contributed by atoms with Crippen molar-refractivity contribution in [1.82, 2.24) is 15.8 Å². The van der Waals surface area contributed by atoms with Crippen LogP contribution >= 0.6 is 0 Å². The van der Waals surface area contributed by atoms with Crippen LogP contribution in [0.2, 0.25) is 0 Å². The number of amides is 3. The number of aryl methyl sites for hydroxylation is 2. The monoisotopic (exact) mass is 623 g/mol. The van der Waals surface area contributed by atoms with Gasteiger partial charge in [-0.2, -0.15) is 0 Å². The summed E-state index contributed by atoms with van der Waals surface area (Å²) in [6, 6.07) is 9.03. The van der Waals surface area contributed by atoms with Crippen LogP contribution in [0.1, 0.15) is 107 Å². The highest BCUT2D eigenvalue weighted by Gasteiger charge is 2.52. The van der Waals surface area contributed by atoms with Crippen LogP contribution in [0.4, 0.5) is 4.79 Å². The van der Waals surface area contributed by atoms with Crippen molar-refractivity contribution in [2.75, 3.05) is 13.2 Å². The average Bonchev–Trinajstić information content (AvgIpc) is 3.09. The molecule has 0 bridgehead atoms. The molecule has 1 saturated heterocycles. The van der Waals surface area contributed by atoms with Gasteiger partial charge < -0.3 is 24.1 Å². The van der Waals surface area contributed by atoms with Gasteiger partial charge in [0, 0.05) is 22.2 Å². The van der Waals surface area contributed by atoms with E-state index in [9.17, 15) is 14.4 Å². The minimum Gasteiger partial charge on any atom is -0.492 e. The van der Waals surface area contributed by atoms with Gasteiger partial charge in [-0.1, -0.05) is 23.3 Å². The molecule has 0 radical (unpaired) electrons. The Morgan fingerprint density at radius 3 is 1.96 bits per heavy atom. The second-order valence-corrected chi connectivity index (χ2v) is 14.7. The van der Waals surface area contributed by atoms with Crippen LogP contribution in [0.25, 0.3) is 0 Å². The number of carbonyl (C=O) groups is 3. The number of nitrogens with one attached hydrogen (secondary N) is 2. The fourth-order valence-electron chi connectivity index (χ4n) is 4.84. The van der Waals surface area contributed by atoms with Crippen molar-refractivity contribution in [2.24, 2.45) is 0 Å². The number of carbonyl (C=O) groups excluding carboxylic acids is 3. The van der Waals surface area contributed by atoms with Gasteiger partial charge in [0.25, 0.3) is 11.8 Å². The first kappa shape index (κ1) is 35.9. The molecular formula is C34H50BN3O7. The van der Waals surface area contributed by atoms with Crippen molar-refractivity contribution in [3.05, 3.63) is 58.1 Å². The first-order valence-electron chi connectivity index (χ1n) is 15.3. The standard InChI is InChI=1S/C34H50BN3O7/c1-21-18-22(2)20-24(19-21)29(40)38(31(4,5)6)37-28(39)25-14-15-26(35-44-33(10,11)34(12,13)45-35)27(23(25)3)42-17-16-36-30(41)43-32(7,8)9/h14-15,18-20H,16-17H2,1-13H3,(H,36,41)(H,37,39). The second kappa shape index (κ2) is 13.0. The zero-order valence-corrected chi connectivity index (χ0v) is 29.2. The molecular weight excluding hydrogens is 573 g/mol. The maximum Gasteiger partial charge on any atom is 0.498 e. The molecule has 1 heterocycles. The van der Waals surface area contributed by atoms with E-state index >= 15 is 0 Å². The lowest BCUT2D eigenvalue weighted by Crippen LogP contribution is -2.56. The van der Waals surface area contributed by atoms with Gasteiger partial charge in [0.05, 0.1) is 23.3 Å². The Kier molecular flexibility index (Phi) is 10.4. The molecule has 0 aromatic heterocycles. The van der Waals surface area contributed by atoms with Crippen molar-refractivity contribution in [3.8, 4) is 5.75 Å². The molecule has 0 saturated carbocycles. The van der Waals surface area contributed by atoms with Crippen molar-refractivity contribution in [1.29, 1.82) is 0 Å². The van der Waals surface area contributed by atoms with Crippen molar-refractivity contribution in [3.63, 3.8) is 0 Å². The summed E-state index contributed by atoms with van der Waals surface area (Å²) in [4.78, 5) is 39.7. The molecule has 2 aromatic rings. The highest BCUT2D eigenvalue weighted by Crippen LogP contribution is 2.38. The third-order valence-corrected chi connectivity index (χ3v) is 7.76. The van der Waals surface area contributed by atoms with E-state index in [1.165, 1.54) is 5.01 Å². The smallest absolute Gasteiger partial charge is 0.492 e. The Morgan fingerprint density at radius 2 is 1.44 bits per heavy atom. The molecule has 10 nitrogen and oxygen atoms in total. The molecule has 0 unspecified atom stereocenters. The number of hydrazine groups is 1. The SMILES string of the molecule is Cc1cc(C)cc(C(=O)N(NC(=O)c2ccc(B3OC(C)(C)C(C)(C)O3)c(OCCNC(=O)OC(C)(C)C)c2C)C(C)(C)C)c1. The van der Waals surface area contributed by atoms with Gasteiger partial charge in [-0.3, -0.25) is 15.0 Å². The number of alkyl carbamates (subject to hydrolysis) is 1. The molecule has 3 amide bonds. The quantitative estimate of drug-likeness (QED) is 0.241. The second-order valence-electron chi connectivity index (χ2n) is 14.7. The molecule has 0 spiro atoms. The number of rotatable bonds is 7. The molecule has 3 rings (SSSR count). The minimum atomic E-state index is -0.753. The van der Waals surface area contributed by atoms with E-state index in [1.54, 1.807) is 39.8 Å². The zero-order chi connectivity index (χ0) is 34.1. The first-order chi connectivity index (χ1) is 20.5. The van der Waals surface area contributed by atoms with E-state index in [4.69, 9.17) is 18.8 Å². The predicted octanol–water partition coefficient (Wildman–Crippen LogP) is 5.40. The minimum absolute atomic E-state index is 0.0942. The predicted molar refractivity (Wildman–Crippen MR) is 176 cm³/mol. The van der Waals surface area contributed by atoms with Gasteiger partial charge in [0.1, 0.15) is 18.0 Å². The van der Waals surface area contributed by atoms with E-state index in [-0.39, 0.29) is 19.1 Å². The van der Waals surface area contributed by atoms with Gasteiger partial charge in [-0.15, -0.1) is 0 Å². The maximum atomic E-state index is 13.8. The van der Waals surface area contributed by atoms with Crippen LogP contribution < -0.4 is 20.9 Å². The van der Waals surface area contributed by atoms with E-state index in [1.807, 2.05) is 80.5 Å². The van der Waals surface area contributed by atoms with Crippen LogP contribution in [0.5, 0.6) is 5.75 Å². The van der Waals surface area contributed by atoms with Crippen LogP contribution in [0.15, 0.2) is 30.3 Å². The largest absolute Gasteiger partial charge is 0.498 e. The molecule has 246 valence electrons. The molecule has 0 aliphatic carbocycles. The van der Waals surface area contributed by atoms with Crippen LogP contribution in [-0.2, 0) is 14.0 Å². The van der Waals surface area contributed by atoms with E-state index in [0.717, 1.165) is 11.1 Å². The zero-order valence-electron chi connectivity index (χ0n) is 29.2. The fourth-order valence-corrected chi connectivity index (χ4v) is 4.84. The number of hydrogen-bond donors (Lipinski definition) is 2. The number of benzene rings is 2. The molecule has 2 N–H and O–H groups in total. The number of nitrogens with zero attached hydrogens (tertiary/aromatic N) is 1. The summed E-state index contributed by atoms with van der Waals surface area (Å²) in [6.45, 7) is 24.7. The highest BCUT2D eigenvalue weighted by molar-refractivity contribution is 6.63. The van der Waals surface area contributed by atoms with Gasteiger partial charge >= 0.3 is 13.2 Å². The molecule has 0 atom stereocenters. The van der Waals surface area contributed by atoms with Crippen LogP contribution in [0.3, 0.4) is 0 Å². The average molecular weight is 624 g/mol. The normalized spacial score (nSPS) is 15.8. The third-order valence-electron chi connectivity index (χ3n) is 7.76. The van der Waals surface area contributed by atoms with E-state index < -0.39 is 41.5 Å². The number of ether oxygens (including phenoxy) is 2. The summed E-state index contributed by atoms with van der Waals surface area (Å²) in [5.41, 5.74) is 4.14. The van der Waals surface area contributed by atoms with Crippen LogP contribution in [-0.4, -0.2) is 65.5 Å². The molecule has 1 aliphatic heterocycles. The van der Waals surface area contributed by atoms with Gasteiger partial charge in [-0.05, 0) is 108 Å². The lowest BCUT2D eigenvalue weighted by molar-refractivity contribution is 0.00578. The Bertz CT molecular complexity index is 1400. The van der Waals surface area contributed by atoms with Gasteiger partial charge in [-0.25, -0.2) is 9.80 Å². The molecule has 1 aliphatic rings. The van der Waals surface area contributed by atoms with E-state index in [2.05, 4.69) is 10.7 Å². The van der Waals surface area contributed by atoms with Crippen molar-refractivity contribution in [2.45, 2.75) is 112 Å².